The molecule has 228 valence electrons. The van der Waals surface area contributed by atoms with Gasteiger partial charge in [0.05, 0.1) is 17.9 Å². The molecule has 1 amide bonds. The van der Waals surface area contributed by atoms with Crippen LogP contribution in [0.25, 0.3) is 5.65 Å². The number of aryl methyl sites for hydroxylation is 1. The number of likely N-dealkylation sites (N-methyl/N-ethyl adjacent to an activating group) is 1. The lowest BCUT2D eigenvalue weighted by Crippen LogP contribution is -2.49. The van der Waals surface area contributed by atoms with Crippen LogP contribution in [0.2, 0.25) is 0 Å². The highest BCUT2D eigenvalue weighted by molar-refractivity contribution is 6.01. The van der Waals surface area contributed by atoms with E-state index in [0.29, 0.717) is 31.1 Å². The van der Waals surface area contributed by atoms with Gasteiger partial charge in [0, 0.05) is 39.3 Å². The van der Waals surface area contributed by atoms with Crippen molar-refractivity contribution in [2.24, 2.45) is 5.92 Å². The summed E-state index contributed by atoms with van der Waals surface area (Å²) in [6, 6.07) is 17.3. The second kappa shape index (κ2) is 12.6. The number of piperazine rings is 1. The van der Waals surface area contributed by atoms with Crippen LogP contribution in [0.15, 0.2) is 71.7 Å². The average Bonchev–Trinajstić information content (AvgIpc) is 3.84. The van der Waals surface area contributed by atoms with E-state index in [4.69, 9.17) is 9.72 Å². The molecule has 1 aliphatic heterocycles. The molecule has 3 heterocycles. The van der Waals surface area contributed by atoms with Crippen LogP contribution in [0.4, 0.5) is 15.8 Å². The fourth-order valence-electron chi connectivity index (χ4n) is 5.51. The summed E-state index contributed by atoms with van der Waals surface area (Å²) in [5, 5.41) is 0. The first kappa shape index (κ1) is 29.5. The molecule has 2 fully saturated rings. The minimum atomic E-state index is -0.513. The van der Waals surface area contributed by atoms with Gasteiger partial charge < -0.3 is 14.5 Å². The van der Waals surface area contributed by atoms with Crippen molar-refractivity contribution in [3.05, 3.63) is 99.9 Å². The zero-order valence-corrected chi connectivity index (χ0v) is 25.0. The molecule has 6 rings (SSSR count). The first-order chi connectivity index (χ1) is 21.3. The first-order valence-electron chi connectivity index (χ1n) is 15.0. The minimum absolute atomic E-state index is 0.0426. The zero-order chi connectivity index (χ0) is 30.8. The van der Waals surface area contributed by atoms with Gasteiger partial charge in [-0.2, -0.15) is 0 Å². The van der Waals surface area contributed by atoms with E-state index in [1.54, 1.807) is 23.2 Å². The SMILES string of the molecule is CN1CCN(c2cc(N(C)CC3CC3)cn3c(=O)c(OCc4ccccc4)c(C(=O)CCc4ccc(F)cc4)nc23)C(=O)C1. The number of ketones is 1. The summed E-state index contributed by atoms with van der Waals surface area (Å²) in [5.74, 6) is -0.361. The van der Waals surface area contributed by atoms with Gasteiger partial charge in [0.1, 0.15) is 12.4 Å². The smallest absolute Gasteiger partial charge is 0.301 e. The van der Waals surface area contributed by atoms with Crippen LogP contribution in [0.5, 0.6) is 5.75 Å². The number of fused-ring (bicyclic) bond motifs is 1. The Morgan fingerprint density at radius 1 is 1.05 bits per heavy atom. The Kier molecular flexibility index (Phi) is 8.43. The summed E-state index contributed by atoms with van der Waals surface area (Å²) in [4.78, 5) is 51.7. The number of carbonyl (C=O) groups is 2. The maximum atomic E-state index is 14.2. The molecule has 10 heteroatoms. The maximum absolute atomic E-state index is 14.2. The molecule has 2 aromatic heterocycles. The summed E-state index contributed by atoms with van der Waals surface area (Å²) in [6.45, 7) is 2.23. The van der Waals surface area contributed by atoms with Gasteiger partial charge in [-0.1, -0.05) is 42.5 Å². The van der Waals surface area contributed by atoms with E-state index in [2.05, 4.69) is 4.90 Å². The fraction of sp³-hybridized carbons (Fsp3) is 0.353. The van der Waals surface area contributed by atoms with Crippen LogP contribution in [-0.2, 0) is 17.8 Å². The summed E-state index contributed by atoms with van der Waals surface area (Å²) >= 11 is 0. The summed E-state index contributed by atoms with van der Waals surface area (Å²) in [7, 11) is 3.87. The molecule has 0 bridgehead atoms. The molecule has 1 saturated heterocycles. The Morgan fingerprint density at radius 2 is 1.80 bits per heavy atom. The number of Topliss-reactive ketones (excluding diaryl/α,β-unsaturated/α-hetero) is 1. The molecule has 9 nitrogen and oxygen atoms in total. The zero-order valence-electron chi connectivity index (χ0n) is 25.0. The van der Waals surface area contributed by atoms with Crippen molar-refractivity contribution < 1.29 is 18.7 Å². The van der Waals surface area contributed by atoms with Gasteiger partial charge in [-0.25, -0.2) is 9.37 Å². The molecule has 2 aromatic carbocycles. The molecular formula is C34H36FN5O4. The topological polar surface area (TPSA) is 87.5 Å². The molecule has 1 aliphatic carbocycles. The van der Waals surface area contributed by atoms with Crippen molar-refractivity contribution in [2.75, 3.05) is 50.1 Å². The van der Waals surface area contributed by atoms with Gasteiger partial charge in [0.25, 0.3) is 0 Å². The molecule has 0 spiro atoms. The van der Waals surface area contributed by atoms with E-state index in [1.807, 2.05) is 55.4 Å². The third kappa shape index (κ3) is 6.50. The maximum Gasteiger partial charge on any atom is 0.301 e. The Labute approximate surface area is 255 Å². The van der Waals surface area contributed by atoms with Crippen LogP contribution in [0, 0.1) is 11.7 Å². The van der Waals surface area contributed by atoms with Gasteiger partial charge in [-0.15, -0.1) is 0 Å². The number of amides is 1. The fourth-order valence-corrected chi connectivity index (χ4v) is 5.51. The Bertz CT molecular complexity index is 1740. The molecule has 0 radical (unpaired) electrons. The number of benzene rings is 2. The van der Waals surface area contributed by atoms with Crippen molar-refractivity contribution in [1.82, 2.24) is 14.3 Å². The highest BCUT2D eigenvalue weighted by Gasteiger charge is 2.30. The van der Waals surface area contributed by atoms with Gasteiger partial charge >= 0.3 is 5.56 Å². The first-order valence-corrected chi connectivity index (χ1v) is 15.0. The van der Waals surface area contributed by atoms with Crippen molar-refractivity contribution in [2.45, 2.75) is 32.3 Å². The van der Waals surface area contributed by atoms with Gasteiger partial charge in [-0.3, -0.25) is 23.7 Å². The van der Waals surface area contributed by atoms with E-state index in [-0.39, 0.29) is 54.2 Å². The molecule has 44 heavy (non-hydrogen) atoms. The van der Waals surface area contributed by atoms with E-state index in [0.717, 1.165) is 23.4 Å². The van der Waals surface area contributed by atoms with Crippen LogP contribution < -0.4 is 20.1 Å². The number of rotatable bonds is 11. The number of aromatic nitrogens is 2. The van der Waals surface area contributed by atoms with E-state index < -0.39 is 5.56 Å². The van der Waals surface area contributed by atoms with Crippen LogP contribution >= 0.6 is 0 Å². The number of halogens is 1. The van der Waals surface area contributed by atoms with Crippen LogP contribution in [0.3, 0.4) is 0 Å². The Balaban J connectivity index is 1.46. The highest BCUT2D eigenvalue weighted by atomic mass is 19.1. The second-order valence-electron chi connectivity index (χ2n) is 11.8. The second-order valence-corrected chi connectivity index (χ2v) is 11.8. The monoisotopic (exact) mass is 597 g/mol. The Morgan fingerprint density at radius 3 is 2.50 bits per heavy atom. The van der Waals surface area contributed by atoms with Gasteiger partial charge in [0.15, 0.2) is 17.1 Å². The lowest BCUT2D eigenvalue weighted by molar-refractivity contribution is -0.120. The molecular weight excluding hydrogens is 561 g/mol. The molecule has 0 N–H and O–H groups in total. The number of hydrogen-bond acceptors (Lipinski definition) is 7. The molecule has 4 aromatic rings. The standard InChI is InChI=1S/C34H36FN5O4/c1-37-16-17-39(30(42)21-37)28-18-27(38(2)19-24-8-9-24)20-40-33(28)36-31(29(41)15-12-23-10-13-26(35)14-11-23)32(34(40)43)44-22-25-6-4-3-5-7-25/h3-7,10-11,13-14,18,20,24H,8-9,12,15-17,19,21-22H2,1-2H3. The van der Waals surface area contributed by atoms with Crippen molar-refractivity contribution in [3.8, 4) is 5.75 Å². The largest absolute Gasteiger partial charge is 0.481 e. The predicted octanol–water partition coefficient (Wildman–Crippen LogP) is 4.35. The number of carbonyl (C=O) groups excluding carboxylic acids is 2. The van der Waals surface area contributed by atoms with Crippen LogP contribution in [-0.4, -0.2) is 66.2 Å². The highest BCUT2D eigenvalue weighted by Crippen LogP contribution is 2.33. The van der Waals surface area contributed by atoms with E-state index in [9.17, 15) is 18.8 Å². The third-order valence-corrected chi connectivity index (χ3v) is 8.27. The molecule has 2 aliphatic rings. The van der Waals surface area contributed by atoms with E-state index >= 15 is 0 Å². The van der Waals surface area contributed by atoms with Crippen molar-refractivity contribution in [1.29, 1.82) is 0 Å². The number of ether oxygens (including phenoxy) is 1. The molecule has 1 saturated carbocycles. The normalized spacial score (nSPS) is 15.5. The quantitative estimate of drug-likeness (QED) is 0.238. The lowest BCUT2D eigenvalue weighted by atomic mass is 10.1. The molecule has 0 unspecified atom stereocenters. The summed E-state index contributed by atoms with van der Waals surface area (Å²) in [5.41, 5.74) is 2.53. The number of anilines is 2. The number of nitrogens with zero attached hydrogens (tertiary/aromatic N) is 5. The Hall–Kier alpha value is -4.57. The number of hydrogen-bond donors (Lipinski definition) is 0. The molecule has 0 atom stereocenters. The number of pyridine rings is 1. The third-order valence-electron chi connectivity index (χ3n) is 8.27. The van der Waals surface area contributed by atoms with E-state index in [1.165, 1.54) is 29.4 Å². The minimum Gasteiger partial charge on any atom is -0.481 e. The van der Waals surface area contributed by atoms with Crippen LogP contribution in [0.1, 0.15) is 40.9 Å². The van der Waals surface area contributed by atoms with Crippen molar-refractivity contribution in [3.63, 3.8) is 0 Å². The summed E-state index contributed by atoms with van der Waals surface area (Å²) < 4.78 is 20.9. The summed E-state index contributed by atoms with van der Waals surface area (Å²) in [6.07, 6.45) is 4.45. The van der Waals surface area contributed by atoms with Crippen molar-refractivity contribution >= 4 is 28.7 Å². The van der Waals surface area contributed by atoms with Gasteiger partial charge in [-0.05, 0) is 61.6 Å². The average molecular weight is 598 g/mol. The lowest BCUT2D eigenvalue weighted by Gasteiger charge is -2.33. The predicted molar refractivity (Wildman–Crippen MR) is 167 cm³/mol. The van der Waals surface area contributed by atoms with Gasteiger partial charge in [0.2, 0.25) is 11.7 Å².